The molecule has 8 nitrogen and oxygen atoms in total. The molecule has 0 aromatic heterocycles. The summed E-state index contributed by atoms with van der Waals surface area (Å²) in [5.41, 5.74) is 3.72. The van der Waals surface area contributed by atoms with Crippen molar-refractivity contribution in [1.29, 1.82) is 0 Å². The zero-order chi connectivity index (χ0) is 32.0. The molecule has 1 heterocycles. The highest BCUT2D eigenvalue weighted by atomic mass is 16.6. The molecule has 5 aliphatic rings. The molecule has 43 heavy (non-hydrogen) atoms. The second kappa shape index (κ2) is 10.4. The Bertz CT molecular complexity index is 1150. The zero-order valence-corrected chi connectivity index (χ0v) is 28.1. The highest BCUT2D eigenvalue weighted by Crippen LogP contribution is 2.76. The van der Waals surface area contributed by atoms with Gasteiger partial charge in [0.2, 0.25) is 5.91 Å². The topological polar surface area (TPSA) is 125 Å². The van der Waals surface area contributed by atoms with E-state index < -0.39 is 17.5 Å². The van der Waals surface area contributed by atoms with Crippen molar-refractivity contribution in [2.45, 2.75) is 156 Å². The van der Waals surface area contributed by atoms with Gasteiger partial charge in [0.25, 0.3) is 0 Å². The van der Waals surface area contributed by atoms with Crippen LogP contribution in [0.1, 0.15) is 127 Å². The minimum absolute atomic E-state index is 0.0205. The van der Waals surface area contributed by atoms with Crippen LogP contribution >= 0.6 is 0 Å². The average molecular weight is 604 g/mol. The van der Waals surface area contributed by atoms with Gasteiger partial charge in [-0.05, 0) is 113 Å². The Labute approximate surface area is 258 Å². The van der Waals surface area contributed by atoms with Crippen LogP contribution in [0.2, 0.25) is 0 Å². The molecule has 0 spiro atoms. The largest absolute Gasteiger partial charge is 0.462 e. The standard InChI is InChI=1S/C35H57NO7/c1-20(37)41-22-18-24-32(6)14-12-25(42-28(39)19-27(36)38)30(2,3)23(32)11-16-33(24,7)34(8)15-10-21(29(22)34)35(9)17-13-26(43-35)31(4,5)40/h21-26,29,40H,10-19H2,1-9H3,(H2,36,38)/t21-,22+,23-,24+,25+,26+,29-,32-,33+,34+,35-/m0/s1. The molecule has 4 saturated carbocycles. The van der Waals surface area contributed by atoms with Crippen molar-refractivity contribution in [3.8, 4) is 0 Å². The summed E-state index contributed by atoms with van der Waals surface area (Å²) < 4.78 is 19.0. The monoisotopic (exact) mass is 603 g/mol. The number of esters is 2. The van der Waals surface area contributed by atoms with Gasteiger partial charge in [0.05, 0.1) is 17.3 Å². The molecule has 5 rings (SSSR count). The molecular formula is C35H57NO7. The first-order chi connectivity index (χ1) is 19.7. The van der Waals surface area contributed by atoms with E-state index in [0.717, 1.165) is 57.8 Å². The van der Waals surface area contributed by atoms with Crippen LogP contribution in [0.15, 0.2) is 0 Å². The minimum atomic E-state index is -0.897. The fourth-order valence-corrected chi connectivity index (χ4v) is 11.9. The third-order valence-corrected chi connectivity index (χ3v) is 14.1. The summed E-state index contributed by atoms with van der Waals surface area (Å²) >= 11 is 0. The van der Waals surface area contributed by atoms with E-state index in [4.69, 9.17) is 19.9 Å². The van der Waals surface area contributed by atoms with E-state index in [9.17, 15) is 19.5 Å². The normalized spacial score (nSPS) is 47.2. The minimum Gasteiger partial charge on any atom is -0.462 e. The van der Waals surface area contributed by atoms with Gasteiger partial charge < -0.3 is 25.1 Å². The van der Waals surface area contributed by atoms with Gasteiger partial charge in [0.1, 0.15) is 18.6 Å². The molecule has 1 amide bonds. The Morgan fingerprint density at radius 2 is 1.53 bits per heavy atom. The zero-order valence-electron chi connectivity index (χ0n) is 28.1. The van der Waals surface area contributed by atoms with E-state index in [0.29, 0.717) is 11.8 Å². The maximum Gasteiger partial charge on any atom is 0.315 e. The van der Waals surface area contributed by atoms with Crippen molar-refractivity contribution in [2.24, 2.45) is 51.1 Å². The predicted octanol–water partition coefficient (Wildman–Crippen LogP) is 5.71. The molecule has 0 unspecified atom stereocenters. The number of aliphatic hydroxyl groups is 1. The number of rotatable bonds is 6. The van der Waals surface area contributed by atoms with Crippen molar-refractivity contribution in [3.63, 3.8) is 0 Å². The lowest BCUT2D eigenvalue weighted by Crippen LogP contribution is -2.67. The summed E-state index contributed by atoms with van der Waals surface area (Å²) in [6.07, 6.45) is 7.36. The molecule has 1 saturated heterocycles. The first kappa shape index (κ1) is 32.7. The summed E-state index contributed by atoms with van der Waals surface area (Å²) in [6, 6.07) is 0. The Hall–Kier alpha value is -1.67. The van der Waals surface area contributed by atoms with Gasteiger partial charge in [-0.1, -0.05) is 34.6 Å². The highest BCUT2D eigenvalue weighted by Gasteiger charge is 2.72. The van der Waals surface area contributed by atoms with E-state index in [1.54, 1.807) is 0 Å². The first-order valence-electron chi connectivity index (χ1n) is 16.7. The van der Waals surface area contributed by atoms with Crippen LogP contribution < -0.4 is 5.73 Å². The van der Waals surface area contributed by atoms with E-state index in [-0.39, 0.29) is 69.8 Å². The van der Waals surface area contributed by atoms with Crippen LogP contribution in [0, 0.1) is 45.3 Å². The van der Waals surface area contributed by atoms with Crippen LogP contribution in [0.3, 0.4) is 0 Å². The second-order valence-electron chi connectivity index (χ2n) is 17.1. The number of carbonyl (C=O) groups is 3. The van der Waals surface area contributed by atoms with Crippen molar-refractivity contribution in [3.05, 3.63) is 0 Å². The molecule has 3 N–H and O–H groups in total. The molecule has 0 radical (unpaired) electrons. The molecule has 1 aliphatic heterocycles. The number of carbonyl (C=O) groups excluding carboxylic acids is 3. The number of nitrogens with two attached hydrogens (primary N) is 1. The fourth-order valence-electron chi connectivity index (χ4n) is 11.9. The molecule has 0 bridgehead atoms. The molecular weight excluding hydrogens is 546 g/mol. The number of primary amides is 1. The molecule has 0 aromatic carbocycles. The summed E-state index contributed by atoms with van der Waals surface area (Å²) in [4.78, 5) is 36.5. The van der Waals surface area contributed by atoms with Crippen LogP contribution in [0.4, 0.5) is 0 Å². The lowest BCUT2D eigenvalue weighted by Gasteiger charge is -2.70. The van der Waals surface area contributed by atoms with Gasteiger partial charge in [-0.25, -0.2) is 0 Å². The molecule has 8 heteroatoms. The fraction of sp³-hybridized carbons (Fsp3) is 0.914. The van der Waals surface area contributed by atoms with Gasteiger partial charge >= 0.3 is 11.9 Å². The Morgan fingerprint density at radius 3 is 2.12 bits per heavy atom. The number of ether oxygens (including phenoxy) is 3. The third-order valence-electron chi connectivity index (χ3n) is 14.1. The predicted molar refractivity (Wildman–Crippen MR) is 162 cm³/mol. The lowest BCUT2D eigenvalue weighted by molar-refractivity contribution is -0.254. The van der Waals surface area contributed by atoms with Gasteiger partial charge in [-0.3, -0.25) is 14.4 Å². The summed E-state index contributed by atoms with van der Waals surface area (Å²) in [5.74, 6) is -0.346. The van der Waals surface area contributed by atoms with Gasteiger partial charge in [-0.15, -0.1) is 0 Å². The van der Waals surface area contributed by atoms with Crippen molar-refractivity contribution in [2.75, 3.05) is 0 Å². The summed E-state index contributed by atoms with van der Waals surface area (Å²) in [7, 11) is 0. The van der Waals surface area contributed by atoms with E-state index in [1.165, 1.54) is 6.92 Å². The maximum absolute atomic E-state index is 12.7. The SMILES string of the molecule is CC(=O)O[C@@H]1C[C@@H]2[C@@]3(C)CC[C@@H](OC(=O)CC(N)=O)C(C)(C)[C@@H]3CC[C@@]2(C)[C@]2(C)CC[C@H]([C@]3(C)CC[C@H](C(C)(C)O)O3)[C@@H]12. The number of fused-ring (bicyclic) bond motifs is 5. The van der Waals surface area contributed by atoms with E-state index in [2.05, 4.69) is 41.5 Å². The molecule has 5 fully saturated rings. The van der Waals surface area contributed by atoms with E-state index >= 15 is 0 Å². The average Bonchev–Trinajstić information content (AvgIpc) is 3.44. The number of amides is 1. The van der Waals surface area contributed by atoms with Crippen molar-refractivity contribution in [1.82, 2.24) is 0 Å². The van der Waals surface area contributed by atoms with Gasteiger partial charge in [0, 0.05) is 18.3 Å². The quantitative estimate of drug-likeness (QED) is 0.294. The maximum atomic E-state index is 12.7. The smallest absolute Gasteiger partial charge is 0.315 e. The molecule has 244 valence electrons. The van der Waals surface area contributed by atoms with Crippen LogP contribution in [-0.2, 0) is 28.6 Å². The summed E-state index contributed by atoms with van der Waals surface area (Å²) in [5, 5.41) is 10.8. The lowest BCUT2D eigenvalue weighted by atomic mass is 9.35. The van der Waals surface area contributed by atoms with Gasteiger partial charge in [0.15, 0.2) is 0 Å². The number of hydrogen-bond acceptors (Lipinski definition) is 7. The Morgan fingerprint density at radius 1 is 0.884 bits per heavy atom. The highest BCUT2D eigenvalue weighted by molar-refractivity contribution is 5.93. The Kier molecular flexibility index (Phi) is 7.94. The van der Waals surface area contributed by atoms with Crippen molar-refractivity contribution >= 4 is 17.8 Å². The molecule has 4 aliphatic carbocycles. The third kappa shape index (κ3) is 5.05. The first-order valence-corrected chi connectivity index (χ1v) is 16.7. The van der Waals surface area contributed by atoms with E-state index in [1.807, 2.05) is 13.8 Å². The second-order valence-corrected chi connectivity index (χ2v) is 17.1. The molecule has 0 aromatic rings. The molecule has 11 atom stereocenters. The Balaban J connectivity index is 1.48. The number of hydrogen-bond donors (Lipinski definition) is 2. The van der Waals surface area contributed by atoms with Crippen LogP contribution in [0.25, 0.3) is 0 Å². The summed E-state index contributed by atoms with van der Waals surface area (Å²) in [6.45, 7) is 19.3. The van der Waals surface area contributed by atoms with Crippen molar-refractivity contribution < 1.29 is 33.7 Å². The van der Waals surface area contributed by atoms with Crippen LogP contribution in [-0.4, -0.2) is 52.5 Å². The van der Waals surface area contributed by atoms with Gasteiger partial charge in [-0.2, -0.15) is 0 Å². The van der Waals surface area contributed by atoms with Crippen LogP contribution in [0.5, 0.6) is 0 Å².